The van der Waals surface area contributed by atoms with Crippen LogP contribution in [0, 0.1) is 0 Å². The second-order valence-corrected chi connectivity index (χ2v) is 18.0. The number of rotatable bonds is 9. The summed E-state index contributed by atoms with van der Waals surface area (Å²) in [5, 5.41) is 7.49. The lowest BCUT2D eigenvalue weighted by Crippen LogP contribution is -2.10. The van der Waals surface area contributed by atoms with Crippen LogP contribution in [0.3, 0.4) is 0 Å². The minimum atomic E-state index is 1.08. The third-order valence-corrected chi connectivity index (χ3v) is 14.0. The molecule has 0 radical (unpaired) electrons. The molecule has 13 rings (SSSR count). The maximum absolute atomic E-state index is 2.42. The van der Waals surface area contributed by atoms with Crippen molar-refractivity contribution in [1.29, 1.82) is 0 Å². The summed E-state index contributed by atoms with van der Waals surface area (Å²) in [6.07, 6.45) is 0. The molecular formula is C68H46N2. The molecule has 2 heteroatoms. The first kappa shape index (κ1) is 41.0. The summed E-state index contributed by atoms with van der Waals surface area (Å²) >= 11 is 0. The zero-order valence-electron chi connectivity index (χ0n) is 38.5. The smallest absolute Gasteiger partial charge is 0.0547 e. The SMILES string of the molecule is c1ccc(-c2cccc3c2c2c(-c4cccc(N(c5ccc(-c6ccc(-c7cccc8ccccc78)cc6)cc5)c5ccc(-c6cccc7ccccc67)cc5)c4)cccc2n3-c2ccccc2)cc1. The van der Waals surface area contributed by atoms with Gasteiger partial charge in [-0.15, -0.1) is 0 Å². The van der Waals surface area contributed by atoms with E-state index in [1.54, 1.807) is 0 Å². The molecule has 70 heavy (non-hydrogen) atoms. The fourth-order valence-corrected chi connectivity index (χ4v) is 10.7. The first-order valence-corrected chi connectivity index (χ1v) is 24.1. The van der Waals surface area contributed by atoms with E-state index in [0.29, 0.717) is 0 Å². The standard InChI is InChI=1S/C68H46N2/c1-3-16-51(17-4-1)63-30-14-32-65-67(63)68-64(31-15-33-66(68)70(65)55-23-5-2-6-24-55)54-22-11-25-58(46-54)69(57-44-40-53(41-45-57)62-29-13-21-50-19-8-10-27-60(50)62)56-42-38-48(39-43-56)47-34-36-52(37-35-47)61-28-12-20-49-18-7-9-26-59(49)61/h1-46H. The number of benzene rings is 12. The first-order valence-electron chi connectivity index (χ1n) is 24.1. The van der Waals surface area contributed by atoms with E-state index in [1.807, 2.05) is 0 Å². The highest BCUT2D eigenvalue weighted by Gasteiger charge is 2.21. The largest absolute Gasteiger partial charge is 0.310 e. The zero-order chi connectivity index (χ0) is 46.4. The van der Waals surface area contributed by atoms with E-state index < -0.39 is 0 Å². The molecule has 0 bridgehead atoms. The van der Waals surface area contributed by atoms with Gasteiger partial charge in [-0.1, -0.05) is 218 Å². The Kier molecular flexibility index (Phi) is 10.2. The third kappa shape index (κ3) is 7.22. The van der Waals surface area contributed by atoms with Crippen molar-refractivity contribution < 1.29 is 0 Å². The molecule has 2 nitrogen and oxygen atoms in total. The number of aromatic nitrogens is 1. The lowest BCUT2D eigenvalue weighted by atomic mass is 9.94. The van der Waals surface area contributed by atoms with E-state index in [0.717, 1.165) is 28.3 Å². The number of nitrogens with zero attached hydrogens (tertiary/aromatic N) is 2. The minimum absolute atomic E-state index is 1.08. The molecule has 0 spiro atoms. The van der Waals surface area contributed by atoms with Crippen molar-refractivity contribution in [3.63, 3.8) is 0 Å². The van der Waals surface area contributed by atoms with Crippen LogP contribution >= 0.6 is 0 Å². The fourth-order valence-electron chi connectivity index (χ4n) is 10.7. The molecule has 0 amide bonds. The van der Waals surface area contributed by atoms with Crippen molar-refractivity contribution >= 4 is 60.4 Å². The molecule has 0 atom stereocenters. The van der Waals surface area contributed by atoms with E-state index in [2.05, 4.69) is 289 Å². The zero-order valence-corrected chi connectivity index (χ0v) is 38.5. The van der Waals surface area contributed by atoms with Gasteiger partial charge in [0, 0.05) is 33.5 Å². The third-order valence-electron chi connectivity index (χ3n) is 14.0. The predicted octanol–water partition coefficient (Wildman–Crippen LogP) is 18.9. The van der Waals surface area contributed by atoms with Crippen molar-refractivity contribution in [1.82, 2.24) is 4.57 Å². The highest BCUT2D eigenvalue weighted by molar-refractivity contribution is 6.21. The van der Waals surface area contributed by atoms with Crippen molar-refractivity contribution in [3.8, 4) is 61.3 Å². The molecule has 0 unspecified atom stereocenters. The van der Waals surface area contributed by atoms with E-state index in [9.17, 15) is 0 Å². The van der Waals surface area contributed by atoms with Gasteiger partial charge < -0.3 is 9.47 Å². The highest BCUT2D eigenvalue weighted by Crippen LogP contribution is 2.45. The molecular weight excluding hydrogens is 845 g/mol. The molecule has 0 aliphatic rings. The molecule has 0 fully saturated rings. The van der Waals surface area contributed by atoms with Crippen LogP contribution in [-0.4, -0.2) is 4.57 Å². The number of anilines is 3. The Morgan fingerprint density at radius 1 is 0.243 bits per heavy atom. The average Bonchev–Trinajstić information content (AvgIpc) is 3.79. The van der Waals surface area contributed by atoms with Crippen LogP contribution in [0.1, 0.15) is 0 Å². The van der Waals surface area contributed by atoms with Crippen LogP contribution in [-0.2, 0) is 0 Å². The lowest BCUT2D eigenvalue weighted by Gasteiger charge is -2.26. The van der Waals surface area contributed by atoms with E-state index in [-0.39, 0.29) is 0 Å². The van der Waals surface area contributed by atoms with Crippen molar-refractivity contribution in [2.75, 3.05) is 4.90 Å². The molecule has 13 aromatic rings. The summed E-state index contributed by atoms with van der Waals surface area (Å²) < 4.78 is 2.42. The minimum Gasteiger partial charge on any atom is -0.310 e. The van der Waals surface area contributed by atoms with Crippen LogP contribution in [0.15, 0.2) is 279 Å². The number of para-hydroxylation sites is 1. The van der Waals surface area contributed by atoms with Gasteiger partial charge in [-0.05, 0) is 138 Å². The van der Waals surface area contributed by atoms with Gasteiger partial charge in [0.2, 0.25) is 0 Å². The Labute approximate surface area is 408 Å². The van der Waals surface area contributed by atoms with Crippen LogP contribution in [0.25, 0.3) is 105 Å². The fraction of sp³-hybridized carbons (Fsp3) is 0. The molecule has 0 aliphatic heterocycles. The van der Waals surface area contributed by atoms with Crippen molar-refractivity contribution in [2.45, 2.75) is 0 Å². The molecule has 1 aromatic heterocycles. The summed E-state index contributed by atoms with van der Waals surface area (Å²) in [6.45, 7) is 0. The quantitative estimate of drug-likeness (QED) is 0.140. The summed E-state index contributed by atoms with van der Waals surface area (Å²) in [4.78, 5) is 2.40. The van der Waals surface area contributed by atoms with Gasteiger partial charge in [-0.3, -0.25) is 0 Å². The number of hydrogen-bond donors (Lipinski definition) is 0. The number of hydrogen-bond acceptors (Lipinski definition) is 1. The van der Waals surface area contributed by atoms with Crippen LogP contribution in [0.4, 0.5) is 17.1 Å². The van der Waals surface area contributed by atoms with Gasteiger partial charge >= 0.3 is 0 Å². The predicted molar refractivity (Wildman–Crippen MR) is 298 cm³/mol. The maximum atomic E-state index is 2.42. The maximum Gasteiger partial charge on any atom is 0.0547 e. The molecule has 0 N–H and O–H groups in total. The van der Waals surface area contributed by atoms with Gasteiger partial charge in [0.1, 0.15) is 0 Å². The molecule has 12 aromatic carbocycles. The Bertz CT molecular complexity index is 4010. The Morgan fingerprint density at radius 3 is 1.20 bits per heavy atom. The highest BCUT2D eigenvalue weighted by atomic mass is 15.1. The van der Waals surface area contributed by atoms with Gasteiger partial charge in [0.05, 0.1) is 11.0 Å². The van der Waals surface area contributed by atoms with Crippen LogP contribution < -0.4 is 4.90 Å². The van der Waals surface area contributed by atoms with Gasteiger partial charge in [-0.2, -0.15) is 0 Å². The molecule has 1 heterocycles. The molecule has 0 saturated heterocycles. The summed E-state index contributed by atoms with van der Waals surface area (Å²) in [5.41, 5.74) is 18.7. The topological polar surface area (TPSA) is 8.17 Å². The molecule has 0 aliphatic carbocycles. The summed E-state index contributed by atoms with van der Waals surface area (Å²) in [5.74, 6) is 0. The first-order chi connectivity index (χ1) is 34.7. The number of fused-ring (bicyclic) bond motifs is 5. The normalized spacial score (nSPS) is 11.4. The molecule has 0 saturated carbocycles. The second kappa shape index (κ2) is 17.4. The van der Waals surface area contributed by atoms with Crippen LogP contribution in [0.5, 0.6) is 0 Å². The molecule has 328 valence electrons. The van der Waals surface area contributed by atoms with Gasteiger partial charge in [0.15, 0.2) is 0 Å². The Morgan fingerprint density at radius 2 is 0.629 bits per heavy atom. The average molecular weight is 891 g/mol. The van der Waals surface area contributed by atoms with E-state index in [1.165, 1.54) is 93.4 Å². The second-order valence-electron chi connectivity index (χ2n) is 18.0. The van der Waals surface area contributed by atoms with Crippen molar-refractivity contribution in [2.24, 2.45) is 0 Å². The van der Waals surface area contributed by atoms with Crippen LogP contribution in [0.2, 0.25) is 0 Å². The Balaban J connectivity index is 0.941. The Hall–Kier alpha value is -9.24. The lowest BCUT2D eigenvalue weighted by molar-refractivity contribution is 1.18. The monoisotopic (exact) mass is 890 g/mol. The van der Waals surface area contributed by atoms with E-state index >= 15 is 0 Å². The van der Waals surface area contributed by atoms with Crippen molar-refractivity contribution in [3.05, 3.63) is 279 Å². The van der Waals surface area contributed by atoms with Gasteiger partial charge in [-0.25, -0.2) is 0 Å². The summed E-state index contributed by atoms with van der Waals surface area (Å²) in [7, 11) is 0. The van der Waals surface area contributed by atoms with Gasteiger partial charge in [0.25, 0.3) is 0 Å². The van der Waals surface area contributed by atoms with E-state index in [4.69, 9.17) is 0 Å². The summed E-state index contributed by atoms with van der Waals surface area (Å²) in [6, 6.07) is 102.